The Labute approximate surface area is 121 Å². The molecule has 0 saturated carbocycles. The first kappa shape index (κ1) is 13.9. The Bertz CT molecular complexity index is 571. The first-order chi connectivity index (χ1) is 9.00. The largest absolute Gasteiger partial charge is 0.282 e. The van der Waals surface area contributed by atoms with Crippen LogP contribution >= 0.6 is 15.9 Å². The monoisotopic (exact) mass is 319 g/mol. The number of benzene rings is 2. The molecule has 2 aromatic rings. The van der Waals surface area contributed by atoms with Gasteiger partial charge in [-0.3, -0.25) is 4.99 Å². The molecule has 0 spiro atoms. The van der Waals surface area contributed by atoms with Crippen molar-refractivity contribution in [2.24, 2.45) is 4.99 Å². The third-order valence-corrected chi connectivity index (χ3v) is 3.69. The number of halogens is 2. The van der Waals surface area contributed by atoms with E-state index in [-0.39, 0.29) is 11.4 Å². The highest BCUT2D eigenvalue weighted by atomic mass is 79.9. The highest BCUT2D eigenvalue weighted by Gasteiger charge is 2.18. The molecule has 0 N–H and O–H groups in total. The van der Waals surface area contributed by atoms with E-state index in [2.05, 4.69) is 20.9 Å². The molecule has 0 saturated heterocycles. The van der Waals surface area contributed by atoms with Crippen molar-refractivity contribution in [3.05, 3.63) is 69.9 Å². The molecule has 0 atom stereocenters. The molecular weight excluding hydrogens is 305 g/mol. The predicted octanol–water partition coefficient (Wildman–Crippen LogP) is 4.94. The highest BCUT2D eigenvalue weighted by Crippen LogP contribution is 2.25. The van der Waals surface area contributed by atoms with Crippen molar-refractivity contribution in [2.45, 2.75) is 19.4 Å². The summed E-state index contributed by atoms with van der Waals surface area (Å²) in [5.74, 6) is -0.276. The van der Waals surface area contributed by atoms with E-state index in [1.54, 1.807) is 18.3 Å². The van der Waals surface area contributed by atoms with E-state index < -0.39 is 0 Å². The molecule has 0 aliphatic rings. The summed E-state index contributed by atoms with van der Waals surface area (Å²) in [7, 11) is 0. The first-order valence-electron chi connectivity index (χ1n) is 6.05. The summed E-state index contributed by atoms with van der Waals surface area (Å²) in [5, 5.41) is 0. The zero-order chi connectivity index (χ0) is 13.9. The fraction of sp³-hybridized carbons (Fsp3) is 0.188. The van der Waals surface area contributed by atoms with E-state index in [4.69, 9.17) is 0 Å². The van der Waals surface area contributed by atoms with Gasteiger partial charge in [0, 0.05) is 16.3 Å². The zero-order valence-electron chi connectivity index (χ0n) is 10.9. The highest BCUT2D eigenvalue weighted by molar-refractivity contribution is 9.10. The number of hydrogen-bond acceptors (Lipinski definition) is 1. The van der Waals surface area contributed by atoms with Crippen LogP contribution in [0.25, 0.3) is 0 Å². The van der Waals surface area contributed by atoms with Crippen LogP contribution in [0.1, 0.15) is 25.0 Å². The molecule has 3 heteroatoms. The van der Waals surface area contributed by atoms with Crippen molar-refractivity contribution in [3.8, 4) is 0 Å². The van der Waals surface area contributed by atoms with Crippen LogP contribution in [0.3, 0.4) is 0 Å². The van der Waals surface area contributed by atoms with Gasteiger partial charge < -0.3 is 0 Å². The molecule has 0 aliphatic carbocycles. The quantitative estimate of drug-likeness (QED) is 0.710. The molecule has 0 unspecified atom stereocenters. The molecule has 0 bridgehead atoms. The number of rotatable bonds is 3. The Kier molecular flexibility index (Phi) is 4.15. The van der Waals surface area contributed by atoms with E-state index in [9.17, 15) is 4.39 Å². The average molecular weight is 320 g/mol. The summed E-state index contributed by atoms with van der Waals surface area (Å²) in [4.78, 5) is 4.52. The molecular formula is C16H15BrFN. The smallest absolute Gasteiger partial charge is 0.133 e. The van der Waals surface area contributed by atoms with Gasteiger partial charge in [-0.2, -0.15) is 0 Å². The topological polar surface area (TPSA) is 12.4 Å². The van der Waals surface area contributed by atoms with E-state index in [0.717, 1.165) is 5.56 Å². The van der Waals surface area contributed by atoms with Gasteiger partial charge in [0.05, 0.1) is 5.54 Å². The minimum Gasteiger partial charge on any atom is -0.282 e. The normalized spacial score (nSPS) is 12.0. The second kappa shape index (κ2) is 5.66. The molecule has 19 heavy (non-hydrogen) atoms. The molecule has 98 valence electrons. The maximum Gasteiger partial charge on any atom is 0.133 e. The molecule has 0 aromatic heterocycles. The Hall–Kier alpha value is -1.48. The second-order valence-corrected chi connectivity index (χ2v) is 5.67. The van der Waals surface area contributed by atoms with Crippen LogP contribution in [0.4, 0.5) is 4.39 Å². The molecule has 0 aliphatic heterocycles. The third-order valence-electron chi connectivity index (χ3n) is 3.00. The maximum absolute atomic E-state index is 13.7. The Morgan fingerprint density at radius 1 is 1.05 bits per heavy atom. The van der Waals surface area contributed by atoms with Crippen molar-refractivity contribution in [1.29, 1.82) is 0 Å². The fourth-order valence-electron chi connectivity index (χ4n) is 1.78. The molecule has 0 amide bonds. The van der Waals surface area contributed by atoms with Crippen LogP contribution in [0.2, 0.25) is 0 Å². The van der Waals surface area contributed by atoms with Crippen LogP contribution in [-0.2, 0) is 5.54 Å². The summed E-state index contributed by atoms with van der Waals surface area (Å²) in [5.41, 5.74) is 1.19. The van der Waals surface area contributed by atoms with Crippen LogP contribution in [0.15, 0.2) is 58.0 Å². The van der Waals surface area contributed by atoms with Gasteiger partial charge in [0.15, 0.2) is 0 Å². The Morgan fingerprint density at radius 2 is 1.74 bits per heavy atom. The minimum absolute atomic E-state index is 0.276. The lowest BCUT2D eigenvalue weighted by atomic mass is 9.95. The molecule has 0 fully saturated rings. The second-order valence-electron chi connectivity index (χ2n) is 4.82. The zero-order valence-corrected chi connectivity index (χ0v) is 12.5. The minimum atomic E-state index is -0.386. The van der Waals surface area contributed by atoms with Crippen molar-refractivity contribution in [2.75, 3.05) is 0 Å². The van der Waals surface area contributed by atoms with Crippen molar-refractivity contribution < 1.29 is 4.39 Å². The third kappa shape index (κ3) is 3.29. The van der Waals surface area contributed by atoms with Gasteiger partial charge in [0.1, 0.15) is 5.82 Å². The molecule has 1 nitrogen and oxygen atoms in total. The number of aliphatic imine (C=N–C) groups is 1. The number of hydrogen-bond donors (Lipinski definition) is 0. The van der Waals surface area contributed by atoms with Gasteiger partial charge in [-0.25, -0.2) is 4.39 Å². The molecule has 2 aromatic carbocycles. The van der Waals surface area contributed by atoms with Gasteiger partial charge in [0.25, 0.3) is 0 Å². The summed E-state index contributed by atoms with van der Waals surface area (Å²) >= 11 is 3.34. The van der Waals surface area contributed by atoms with E-state index in [1.165, 1.54) is 6.07 Å². The van der Waals surface area contributed by atoms with Gasteiger partial charge in [-0.1, -0.05) is 52.3 Å². The van der Waals surface area contributed by atoms with Crippen LogP contribution < -0.4 is 0 Å². The molecule has 0 heterocycles. The standard InChI is InChI=1S/C16H15BrFN/c1-16(2,12-7-4-3-5-8-12)19-11-13-14(17)9-6-10-15(13)18/h3-11H,1-2H3. The Morgan fingerprint density at radius 3 is 2.37 bits per heavy atom. The first-order valence-corrected chi connectivity index (χ1v) is 6.85. The van der Waals surface area contributed by atoms with Crippen molar-refractivity contribution in [3.63, 3.8) is 0 Å². The van der Waals surface area contributed by atoms with Gasteiger partial charge in [-0.05, 0) is 31.5 Å². The van der Waals surface area contributed by atoms with Crippen molar-refractivity contribution in [1.82, 2.24) is 0 Å². The maximum atomic E-state index is 13.7. The lowest BCUT2D eigenvalue weighted by Gasteiger charge is -2.20. The van der Waals surface area contributed by atoms with Crippen molar-refractivity contribution >= 4 is 22.1 Å². The predicted molar refractivity (Wildman–Crippen MR) is 81.2 cm³/mol. The number of nitrogens with zero attached hydrogens (tertiary/aromatic N) is 1. The van der Waals surface area contributed by atoms with Gasteiger partial charge in [0.2, 0.25) is 0 Å². The summed E-state index contributed by atoms with van der Waals surface area (Å²) in [6.45, 7) is 4.02. The van der Waals surface area contributed by atoms with Gasteiger partial charge in [-0.15, -0.1) is 0 Å². The Balaban J connectivity index is 2.32. The summed E-state index contributed by atoms with van der Waals surface area (Å²) < 4.78 is 14.4. The van der Waals surface area contributed by atoms with E-state index >= 15 is 0 Å². The average Bonchev–Trinajstić information content (AvgIpc) is 2.39. The van der Waals surface area contributed by atoms with Crippen LogP contribution in [0, 0.1) is 5.82 Å². The summed E-state index contributed by atoms with van der Waals surface area (Å²) in [6, 6.07) is 14.9. The lowest BCUT2D eigenvalue weighted by molar-refractivity contribution is 0.560. The van der Waals surface area contributed by atoms with Crippen LogP contribution in [-0.4, -0.2) is 6.21 Å². The van der Waals surface area contributed by atoms with E-state index in [0.29, 0.717) is 10.0 Å². The van der Waals surface area contributed by atoms with Crippen LogP contribution in [0.5, 0.6) is 0 Å². The fourth-order valence-corrected chi connectivity index (χ4v) is 2.22. The molecule has 2 rings (SSSR count). The SMILES string of the molecule is CC(C)(N=Cc1c(F)cccc1Br)c1ccccc1. The van der Waals surface area contributed by atoms with Gasteiger partial charge >= 0.3 is 0 Å². The summed E-state index contributed by atoms with van der Waals surface area (Å²) in [6.07, 6.45) is 1.59. The molecule has 0 radical (unpaired) electrons. The van der Waals surface area contributed by atoms with E-state index in [1.807, 2.05) is 44.2 Å². The lowest BCUT2D eigenvalue weighted by Crippen LogP contribution is -2.14.